The molecule has 1 fully saturated rings. The predicted molar refractivity (Wildman–Crippen MR) is 49.3 cm³/mol. The topological polar surface area (TPSA) is 20.2 Å². The molecule has 1 saturated carbocycles. The molecule has 2 unspecified atom stereocenters. The molecule has 0 aromatic heterocycles. The Morgan fingerprint density at radius 3 is 2.77 bits per heavy atom. The van der Waals surface area contributed by atoms with Crippen LogP contribution in [0.5, 0.6) is 0 Å². The minimum Gasteiger partial charge on any atom is -0.396 e. The van der Waals surface area contributed by atoms with E-state index in [1.165, 1.54) is 12.1 Å². The van der Waals surface area contributed by atoms with Crippen molar-refractivity contribution in [3.8, 4) is 0 Å². The summed E-state index contributed by atoms with van der Waals surface area (Å²) < 4.78 is 12.9. The van der Waals surface area contributed by atoms with Crippen molar-refractivity contribution < 1.29 is 9.50 Å². The first-order valence-electron chi connectivity index (χ1n) is 4.27. The number of halogens is 2. The van der Waals surface area contributed by atoms with Gasteiger partial charge in [0.2, 0.25) is 0 Å². The Morgan fingerprint density at radius 1 is 1.46 bits per heavy atom. The van der Waals surface area contributed by atoms with E-state index in [0.717, 1.165) is 12.0 Å². The van der Waals surface area contributed by atoms with Gasteiger partial charge in [-0.15, -0.1) is 0 Å². The molecule has 1 aliphatic rings. The SMILES string of the molecule is OCC1CC1c1cc(F)cc(Cl)c1. The summed E-state index contributed by atoms with van der Waals surface area (Å²) in [5, 5.41) is 9.28. The second-order valence-electron chi connectivity index (χ2n) is 3.49. The van der Waals surface area contributed by atoms with Crippen LogP contribution in [0.3, 0.4) is 0 Å². The van der Waals surface area contributed by atoms with Crippen molar-refractivity contribution in [2.24, 2.45) is 5.92 Å². The average Bonchev–Trinajstić information content (AvgIpc) is 2.80. The van der Waals surface area contributed by atoms with Crippen LogP contribution in [0.15, 0.2) is 18.2 Å². The van der Waals surface area contributed by atoms with E-state index in [9.17, 15) is 4.39 Å². The van der Waals surface area contributed by atoms with E-state index >= 15 is 0 Å². The molecule has 1 aromatic carbocycles. The highest BCUT2D eigenvalue weighted by Gasteiger charge is 2.37. The van der Waals surface area contributed by atoms with E-state index in [-0.39, 0.29) is 12.4 Å². The molecular weight excluding hydrogens is 191 g/mol. The van der Waals surface area contributed by atoms with Gasteiger partial charge in [0.1, 0.15) is 5.82 Å². The molecule has 13 heavy (non-hydrogen) atoms. The number of aliphatic hydroxyl groups is 1. The van der Waals surface area contributed by atoms with Crippen molar-refractivity contribution >= 4 is 11.6 Å². The van der Waals surface area contributed by atoms with Crippen LogP contribution in [0.2, 0.25) is 5.02 Å². The molecule has 0 amide bonds. The van der Waals surface area contributed by atoms with Crippen LogP contribution < -0.4 is 0 Å². The molecule has 1 nitrogen and oxygen atoms in total. The molecule has 0 spiro atoms. The van der Waals surface area contributed by atoms with E-state index in [2.05, 4.69) is 0 Å². The van der Waals surface area contributed by atoms with Crippen LogP contribution in [0.1, 0.15) is 17.9 Å². The zero-order valence-corrected chi connectivity index (χ0v) is 7.76. The Bertz CT molecular complexity index is 306. The first-order valence-corrected chi connectivity index (χ1v) is 4.65. The van der Waals surface area contributed by atoms with Gasteiger partial charge >= 0.3 is 0 Å². The lowest BCUT2D eigenvalue weighted by molar-refractivity contribution is 0.274. The summed E-state index contributed by atoms with van der Waals surface area (Å²) in [5.74, 6) is 0.308. The summed E-state index contributed by atoms with van der Waals surface area (Å²) in [6.45, 7) is 0.179. The van der Waals surface area contributed by atoms with Gasteiger partial charge in [-0.1, -0.05) is 11.6 Å². The van der Waals surface area contributed by atoms with E-state index in [1.807, 2.05) is 0 Å². The number of aliphatic hydroxyl groups excluding tert-OH is 1. The Morgan fingerprint density at radius 2 is 2.23 bits per heavy atom. The molecular formula is C10H10ClFO. The maximum Gasteiger partial charge on any atom is 0.124 e. The normalized spacial score (nSPS) is 26.1. The van der Waals surface area contributed by atoms with Gasteiger partial charge in [0.25, 0.3) is 0 Å². The Kier molecular flexibility index (Phi) is 2.26. The van der Waals surface area contributed by atoms with Gasteiger partial charge in [0.15, 0.2) is 0 Å². The van der Waals surface area contributed by atoms with Gasteiger partial charge in [0.05, 0.1) is 0 Å². The lowest BCUT2D eigenvalue weighted by Gasteiger charge is -2.00. The highest BCUT2D eigenvalue weighted by Crippen LogP contribution is 2.47. The number of hydrogen-bond acceptors (Lipinski definition) is 1. The van der Waals surface area contributed by atoms with Crippen molar-refractivity contribution in [1.29, 1.82) is 0 Å². The highest BCUT2D eigenvalue weighted by atomic mass is 35.5. The molecule has 1 N–H and O–H groups in total. The van der Waals surface area contributed by atoms with E-state index in [0.29, 0.717) is 16.9 Å². The largest absolute Gasteiger partial charge is 0.396 e. The van der Waals surface area contributed by atoms with Crippen LogP contribution in [-0.4, -0.2) is 11.7 Å². The molecule has 0 radical (unpaired) electrons. The van der Waals surface area contributed by atoms with Gasteiger partial charge in [-0.2, -0.15) is 0 Å². The second-order valence-corrected chi connectivity index (χ2v) is 3.92. The Hall–Kier alpha value is -0.600. The molecule has 0 aliphatic heterocycles. The quantitative estimate of drug-likeness (QED) is 0.778. The summed E-state index contributed by atoms with van der Waals surface area (Å²) in [6.07, 6.45) is 0.941. The smallest absolute Gasteiger partial charge is 0.124 e. The van der Waals surface area contributed by atoms with Crippen LogP contribution in [0, 0.1) is 11.7 Å². The fourth-order valence-electron chi connectivity index (χ4n) is 1.65. The summed E-state index contributed by atoms with van der Waals surface area (Å²) >= 11 is 5.71. The molecule has 3 heteroatoms. The molecule has 0 bridgehead atoms. The first-order chi connectivity index (χ1) is 6.20. The van der Waals surface area contributed by atoms with Crippen molar-refractivity contribution in [3.63, 3.8) is 0 Å². The van der Waals surface area contributed by atoms with Crippen molar-refractivity contribution in [2.75, 3.05) is 6.61 Å². The fourth-order valence-corrected chi connectivity index (χ4v) is 1.88. The van der Waals surface area contributed by atoms with Gasteiger partial charge < -0.3 is 5.11 Å². The van der Waals surface area contributed by atoms with Crippen molar-refractivity contribution in [3.05, 3.63) is 34.6 Å². The Balaban J connectivity index is 2.22. The molecule has 1 aliphatic carbocycles. The zero-order valence-electron chi connectivity index (χ0n) is 7.00. The number of hydrogen-bond donors (Lipinski definition) is 1. The van der Waals surface area contributed by atoms with Gasteiger partial charge in [-0.25, -0.2) is 4.39 Å². The fraction of sp³-hybridized carbons (Fsp3) is 0.400. The maximum atomic E-state index is 12.9. The third kappa shape index (κ3) is 1.84. The molecule has 0 saturated heterocycles. The summed E-state index contributed by atoms with van der Waals surface area (Å²) in [5.41, 5.74) is 0.907. The average molecular weight is 201 g/mol. The number of rotatable bonds is 2. The van der Waals surface area contributed by atoms with Crippen LogP contribution in [0.25, 0.3) is 0 Å². The van der Waals surface area contributed by atoms with Crippen molar-refractivity contribution in [2.45, 2.75) is 12.3 Å². The predicted octanol–water partition coefficient (Wildman–Crippen LogP) is 2.57. The van der Waals surface area contributed by atoms with Crippen LogP contribution in [-0.2, 0) is 0 Å². The third-order valence-electron chi connectivity index (χ3n) is 2.47. The Labute approximate surface area is 81.1 Å². The summed E-state index contributed by atoms with van der Waals surface area (Å²) in [7, 11) is 0. The highest BCUT2D eigenvalue weighted by molar-refractivity contribution is 6.30. The maximum absolute atomic E-state index is 12.9. The van der Waals surface area contributed by atoms with Gasteiger partial charge in [-0.05, 0) is 42.0 Å². The zero-order chi connectivity index (χ0) is 9.42. The van der Waals surface area contributed by atoms with Gasteiger partial charge in [-0.3, -0.25) is 0 Å². The molecule has 70 valence electrons. The van der Waals surface area contributed by atoms with Crippen molar-refractivity contribution in [1.82, 2.24) is 0 Å². The molecule has 2 rings (SSSR count). The lowest BCUT2D eigenvalue weighted by Crippen LogP contribution is -1.89. The van der Waals surface area contributed by atoms with E-state index in [4.69, 9.17) is 16.7 Å². The monoisotopic (exact) mass is 200 g/mol. The first kappa shape index (κ1) is 8.97. The van der Waals surface area contributed by atoms with Crippen LogP contribution >= 0.6 is 11.6 Å². The van der Waals surface area contributed by atoms with Crippen LogP contribution in [0.4, 0.5) is 4.39 Å². The number of benzene rings is 1. The molecule has 0 heterocycles. The molecule has 1 aromatic rings. The summed E-state index contributed by atoms with van der Waals surface area (Å²) in [6, 6.07) is 4.55. The second kappa shape index (κ2) is 3.28. The van der Waals surface area contributed by atoms with Gasteiger partial charge in [0, 0.05) is 11.6 Å². The van der Waals surface area contributed by atoms with E-state index in [1.54, 1.807) is 6.07 Å². The summed E-state index contributed by atoms with van der Waals surface area (Å²) in [4.78, 5) is 0. The minimum absolute atomic E-state index is 0.179. The minimum atomic E-state index is -0.300. The standard InChI is InChI=1S/C10H10ClFO/c11-8-1-6(2-9(12)4-8)10-3-7(10)5-13/h1-2,4,7,10,13H,3,5H2. The van der Waals surface area contributed by atoms with E-state index < -0.39 is 0 Å². The molecule has 2 atom stereocenters. The third-order valence-corrected chi connectivity index (χ3v) is 2.69. The lowest BCUT2D eigenvalue weighted by atomic mass is 10.1.